The van der Waals surface area contributed by atoms with Crippen LogP contribution in [0.5, 0.6) is 5.75 Å². The normalized spacial score (nSPS) is 15.0. The van der Waals surface area contributed by atoms with Gasteiger partial charge in [-0.3, -0.25) is 0 Å². The number of benzene rings is 3. The molecule has 0 aliphatic carbocycles. The highest BCUT2D eigenvalue weighted by Crippen LogP contribution is 2.28. The van der Waals surface area contributed by atoms with Crippen molar-refractivity contribution in [3.63, 3.8) is 0 Å². The summed E-state index contributed by atoms with van der Waals surface area (Å²) in [5.74, 6) is 2.51. The van der Waals surface area contributed by atoms with Crippen LogP contribution in [0.2, 0.25) is 5.02 Å². The molecule has 0 amide bonds. The van der Waals surface area contributed by atoms with Gasteiger partial charge in [-0.1, -0.05) is 54.1 Å². The number of likely N-dealkylation sites (tertiary alicyclic amines) is 1. The standard InChI is InChI=1S/C30H34ClN3O/c1-23-8-7-11-28-30(23)32-29(22-35-27-14-12-26(31)13-15-27)34(28)19-6-5-18-33-20-16-25(17-21-33)24-9-3-2-4-10-24/h2-4,7-15,25H,5-6,16-22H2,1H3. The van der Waals surface area contributed by atoms with E-state index in [4.69, 9.17) is 21.3 Å². The van der Waals surface area contributed by atoms with E-state index in [2.05, 4.69) is 64.9 Å². The van der Waals surface area contributed by atoms with Crippen LogP contribution in [0.25, 0.3) is 11.0 Å². The predicted octanol–water partition coefficient (Wildman–Crippen LogP) is 7.24. The van der Waals surface area contributed by atoms with E-state index in [0.717, 1.165) is 36.0 Å². The second-order valence-electron chi connectivity index (χ2n) is 9.60. The predicted molar refractivity (Wildman–Crippen MR) is 144 cm³/mol. The molecule has 2 heterocycles. The first-order valence-corrected chi connectivity index (χ1v) is 13.2. The zero-order chi connectivity index (χ0) is 24.0. The lowest BCUT2D eigenvalue weighted by Gasteiger charge is -2.32. The Labute approximate surface area is 213 Å². The number of imidazole rings is 1. The van der Waals surface area contributed by atoms with Gasteiger partial charge in [0.1, 0.15) is 18.2 Å². The molecule has 1 aromatic heterocycles. The number of fused-ring (bicyclic) bond motifs is 1. The number of para-hydroxylation sites is 1. The van der Waals surface area contributed by atoms with E-state index in [0.29, 0.717) is 11.6 Å². The first-order valence-electron chi connectivity index (χ1n) is 12.8. The van der Waals surface area contributed by atoms with Crippen LogP contribution < -0.4 is 4.74 Å². The van der Waals surface area contributed by atoms with Gasteiger partial charge in [0.2, 0.25) is 0 Å². The fraction of sp³-hybridized carbons (Fsp3) is 0.367. The van der Waals surface area contributed by atoms with Crippen molar-refractivity contribution in [3.8, 4) is 5.75 Å². The van der Waals surface area contributed by atoms with Gasteiger partial charge in [-0.05, 0) is 99.6 Å². The summed E-state index contributed by atoms with van der Waals surface area (Å²) in [4.78, 5) is 7.59. The van der Waals surface area contributed by atoms with Gasteiger partial charge in [0.05, 0.1) is 11.0 Å². The van der Waals surface area contributed by atoms with Crippen molar-refractivity contribution in [3.05, 3.63) is 94.8 Å². The Bertz CT molecular complexity index is 1230. The number of hydrogen-bond donors (Lipinski definition) is 0. The average Bonchev–Trinajstić information content (AvgIpc) is 3.26. The second kappa shape index (κ2) is 11.3. The van der Waals surface area contributed by atoms with Crippen molar-refractivity contribution in [1.29, 1.82) is 0 Å². The van der Waals surface area contributed by atoms with E-state index >= 15 is 0 Å². The lowest BCUT2D eigenvalue weighted by molar-refractivity contribution is 0.207. The van der Waals surface area contributed by atoms with Gasteiger partial charge in [-0.25, -0.2) is 4.98 Å². The van der Waals surface area contributed by atoms with Crippen LogP contribution in [-0.2, 0) is 13.2 Å². The number of nitrogens with zero attached hydrogens (tertiary/aromatic N) is 3. The molecule has 0 N–H and O–H groups in total. The molecule has 1 saturated heterocycles. The van der Waals surface area contributed by atoms with Gasteiger partial charge >= 0.3 is 0 Å². The second-order valence-corrected chi connectivity index (χ2v) is 10.0. The van der Waals surface area contributed by atoms with Crippen molar-refractivity contribution >= 4 is 22.6 Å². The van der Waals surface area contributed by atoms with Crippen molar-refractivity contribution in [2.24, 2.45) is 0 Å². The molecule has 1 fully saturated rings. The molecule has 5 rings (SSSR count). The molecule has 3 aromatic carbocycles. The Morgan fingerprint density at radius 2 is 1.63 bits per heavy atom. The summed E-state index contributed by atoms with van der Waals surface area (Å²) in [7, 11) is 0. The van der Waals surface area contributed by atoms with Gasteiger partial charge in [-0.2, -0.15) is 0 Å². The average molecular weight is 488 g/mol. The summed E-state index contributed by atoms with van der Waals surface area (Å²) in [6.07, 6.45) is 4.86. The largest absolute Gasteiger partial charge is 0.486 e. The maximum atomic E-state index is 6.05. The van der Waals surface area contributed by atoms with E-state index in [1.807, 2.05) is 24.3 Å². The summed E-state index contributed by atoms with van der Waals surface area (Å²) in [6.45, 7) is 7.11. The Balaban J connectivity index is 1.17. The summed E-state index contributed by atoms with van der Waals surface area (Å²) in [5, 5.41) is 0.713. The number of unbranched alkanes of at least 4 members (excludes halogenated alkanes) is 1. The van der Waals surface area contributed by atoms with Crippen molar-refractivity contribution in [1.82, 2.24) is 14.5 Å². The van der Waals surface area contributed by atoms with E-state index in [1.165, 1.54) is 55.5 Å². The molecule has 1 aliphatic heterocycles. The summed E-state index contributed by atoms with van der Waals surface area (Å²) < 4.78 is 8.40. The zero-order valence-electron chi connectivity index (χ0n) is 20.5. The number of halogens is 1. The smallest absolute Gasteiger partial charge is 0.148 e. The van der Waals surface area contributed by atoms with Crippen molar-refractivity contribution in [2.45, 2.75) is 51.7 Å². The van der Waals surface area contributed by atoms with Crippen LogP contribution in [0.3, 0.4) is 0 Å². The third-order valence-electron chi connectivity index (χ3n) is 7.21. The molecule has 4 nitrogen and oxygen atoms in total. The van der Waals surface area contributed by atoms with Crippen molar-refractivity contribution in [2.75, 3.05) is 19.6 Å². The molecule has 1 aliphatic rings. The van der Waals surface area contributed by atoms with Gasteiger partial charge in [0.15, 0.2) is 0 Å². The van der Waals surface area contributed by atoms with Gasteiger partial charge in [0.25, 0.3) is 0 Å². The summed E-state index contributed by atoms with van der Waals surface area (Å²) in [5.41, 5.74) is 4.98. The number of hydrogen-bond acceptors (Lipinski definition) is 3. The Hall–Kier alpha value is -2.82. The van der Waals surface area contributed by atoms with Crippen LogP contribution in [0.1, 0.15) is 48.6 Å². The molecule has 0 radical (unpaired) electrons. The lowest BCUT2D eigenvalue weighted by atomic mass is 9.89. The number of aryl methyl sites for hydroxylation is 2. The van der Waals surface area contributed by atoms with Gasteiger partial charge in [0, 0.05) is 11.6 Å². The maximum absolute atomic E-state index is 6.05. The molecular formula is C30H34ClN3O. The van der Waals surface area contributed by atoms with Crippen LogP contribution in [0, 0.1) is 6.92 Å². The molecule has 4 aromatic rings. The van der Waals surface area contributed by atoms with E-state index in [-0.39, 0.29) is 0 Å². The first kappa shape index (κ1) is 23.9. The molecule has 0 bridgehead atoms. The van der Waals surface area contributed by atoms with E-state index in [9.17, 15) is 0 Å². The monoisotopic (exact) mass is 487 g/mol. The van der Waals surface area contributed by atoms with Gasteiger partial charge < -0.3 is 14.2 Å². The number of aromatic nitrogens is 2. The molecule has 5 heteroatoms. The Kier molecular flexibility index (Phi) is 7.70. The highest BCUT2D eigenvalue weighted by atomic mass is 35.5. The topological polar surface area (TPSA) is 30.3 Å². The minimum Gasteiger partial charge on any atom is -0.486 e. The third-order valence-corrected chi connectivity index (χ3v) is 7.46. The fourth-order valence-corrected chi connectivity index (χ4v) is 5.32. The van der Waals surface area contributed by atoms with Gasteiger partial charge in [-0.15, -0.1) is 0 Å². The fourth-order valence-electron chi connectivity index (χ4n) is 5.19. The molecule has 0 saturated carbocycles. The minimum absolute atomic E-state index is 0.447. The molecule has 0 unspecified atom stereocenters. The lowest BCUT2D eigenvalue weighted by Crippen LogP contribution is -2.33. The number of ether oxygens (including phenoxy) is 1. The number of rotatable bonds is 9. The van der Waals surface area contributed by atoms with E-state index in [1.54, 1.807) is 0 Å². The molecular weight excluding hydrogens is 454 g/mol. The molecule has 35 heavy (non-hydrogen) atoms. The maximum Gasteiger partial charge on any atom is 0.148 e. The summed E-state index contributed by atoms with van der Waals surface area (Å²) in [6, 6.07) is 24.9. The van der Waals surface area contributed by atoms with Crippen molar-refractivity contribution < 1.29 is 4.74 Å². The van der Waals surface area contributed by atoms with Crippen LogP contribution in [-0.4, -0.2) is 34.1 Å². The Morgan fingerprint density at radius 3 is 2.40 bits per heavy atom. The SMILES string of the molecule is Cc1cccc2c1nc(COc1ccc(Cl)cc1)n2CCCCN1CCC(c2ccccc2)CC1. The quantitative estimate of drug-likeness (QED) is 0.233. The van der Waals surface area contributed by atoms with Crippen LogP contribution >= 0.6 is 11.6 Å². The number of piperidine rings is 1. The molecule has 182 valence electrons. The molecule has 0 atom stereocenters. The highest BCUT2D eigenvalue weighted by molar-refractivity contribution is 6.30. The minimum atomic E-state index is 0.447. The summed E-state index contributed by atoms with van der Waals surface area (Å²) >= 11 is 6.01. The Morgan fingerprint density at radius 1 is 0.886 bits per heavy atom. The van der Waals surface area contributed by atoms with Crippen LogP contribution in [0.4, 0.5) is 0 Å². The molecule has 0 spiro atoms. The third kappa shape index (κ3) is 5.88. The first-order chi connectivity index (χ1) is 17.2. The highest BCUT2D eigenvalue weighted by Gasteiger charge is 2.20. The van der Waals surface area contributed by atoms with E-state index < -0.39 is 0 Å². The van der Waals surface area contributed by atoms with Crippen LogP contribution in [0.15, 0.2) is 72.8 Å². The zero-order valence-corrected chi connectivity index (χ0v) is 21.3.